The number of benzene rings is 3. The molecule has 0 fully saturated rings. The molecule has 1 aliphatic rings. The van der Waals surface area contributed by atoms with Crippen LogP contribution in [0.15, 0.2) is 81.7 Å². The maximum Gasteiger partial charge on any atom is 0.338 e. The summed E-state index contributed by atoms with van der Waals surface area (Å²) in [7, 11) is 0. The Bertz CT molecular complexity index is 1840. The van der Waals surface area contributed by atoms with Crippen molar-refractivity contribution in [2.45, 2.75) is 33.4 Å². The van der Waals surface area contributed by atoms with Gasteiger partial charge in [0.05, 0.1) is 35.6 Å². The van der Waals surface area contributed by atoms with Gasteiger partial charge in [0.2, 0.25) is 0 Å². The van der Waals surface area contributed by atoms with Gasteiger partial charge in [0.25, 0.3) is 5.56 Å². The van der Waals surface area contributed by atoms with Gasteiger partial charge in [-0.3, -0.25) is 9.36 Å². The first-order chi connectivity index (χ1) is 19.7. The van der Waals surface area contributed by atoms with Gasteiger partial charge in [-0.25, -0.2) is 14.2 Å². The number of rotatable bonds is 7. The molecule has 41 heavy (non-hydrogen) atoms. The third-order valence-electron chi connectivity index (χ3n) is 6.50. The van der Waals surface area contributed by atoms with Crippen molar-refractivity contribution in [1.29, 1.82) is 0 Å². The van der Waals surface area contributed by atoms with Crippen LogP contribution in [-0.4, -0.2) is 17.1 Å². The van der Waals surface area contributed by atoms with Gasteiger partial charge < -0.3 is 9.47 Å². The zero-order valence-electron chi connectivity index (χ0n) is 22.4. The van der Waals surface area contributed by atoms with E-state index in [2.05, 4.69) is 50.2 Å². The lowest BCUT2D eigenvalue weighted by molar-refractivity contribution is -0.139. The Labute approximate surface area is 267 Å². The van der Waals surface area contributed by atoms with E-state index >= 15 is 0 Å². The third kappa shape index (κ3) is 6.33. The molecule has 0 N–H and O–H groups in total. The lowest BCUT2D eigenvalue weighted by atomic mass is 9.95. The van der Waals surface area contributed by atoms with Crippen LogP contribution in [0.2, 0.25) is 0 Å². The van der Waals surface area contributed by atoms with Crippen molar-refractivity contribution >= 4 is 68.6 Å². The molecule has 3 aromatic carbocycles. The predicted octanol–water partition coefficient (Wildman–Crippen LogP) is 6.03. The molecule has 0 aliphatic carbocycles. The van der Waals surface area contributed by atoms with Gasteiger partial charge in [-0.15, -0.1) is 0 Å². The number of hydrogen-bond acceptors (Lipinski definition) is 6. The highest BCUT2D eigenvalue weighted by atomic mass is 127. The van der Waals surface area contributed by atoms with E-state index in [1.807, 2.05) is 55.5 Å². The minimum Gasteiger partial charge on any atom is -0.487 e. The number of carbonyl (C=O) groups excluding carboxylic acids is 1. The van der Waals surface area contributed by atoms with E-state index in [1.54, 1.807) is 24.5 Å². The van der Waals surface area contributed by atoms with Crippen LogP contribution in [-0.2, 0) is 16.1 Å². The average molecular weight is 794 g/mol. The smallest absolute Gasteiger partial charge is 0.338 e. The minimum absolute atomic E-state index is 0.222. The van der Waals surface area contributed by atoms with E-state index in [0.717, 1.165) is 29.4 Å². The quantitative estimate of drug-likeness (QED) is 0.169. The molecule has 1 aromatic heterocycles. The van der Waals surface area contributed by atoms with Crippen LogP contribution in [0.1, 0.15) is 42.1 Å². The summed E-state index contributed by atoms with van der Waals surface area (Å²) in [6, 6.07) is 17.3. The van der Waals surface area contributed by atoms with E-state index in [4.69, 9.17) is 9.47 Å². The molecule has 0 saturated carbocycles. The molecule has 0 unspecified atom stereocenters. The second-order valence-electron chi connectivity index (χ2n) is 9.45. The van der Waals surface area contributed by atoms with Crippen molar-refractivity contribution in [3.05, 3.63) is 127 Å². The number of fused-ring (bicyclic) bond motifs is 1. The molecule has 1 aliphatic heterocycles. The number of nitrogens with zero attached hydrogens (tertiary/aromatic N) is 2. The Morgan fingerprint density at radius 1 is 1.10 bits per heavy atom. The number of carbonyl (C=O) groups is 1. The number of allylic oxidation sites excluding steroid dienone is 1. The zero-order valence-corrected chi connectivity index (χ0v) is 27.5. The fraction of sp³-hybridized carbons (Fsp3) is 0.194. The largest absolute Gasteiger partial charge is 0.487 e. The van der Waals surface area contributed by atoms with Crippen molar-refractivity contribution in [3.8, 4) is 5.75 Å². The summed E-state index contributed by atoms with van der Waals surface area (Å²) in [5.41, 5.74) is 4.11. The van der Waals surface area contributed by atoms with Crippen molar-refractivity contribution < 1.29 is 18.7 Å². The number of hydrogen-bond donors (Lipinski definition) is 0. The molecule has 6 nitrogen and oxygen atoms in total. The standard InChI is InChI=1S/C31H25FI2N2O4S/c1-4-39-30(38)26-18(3)35-31-36(27(26)21-10-8-17(2)9-11-21)29(37)25(41-31)15-20-13-23(33)28(24(34)14-20)40-16-19-6-5-7-22(32)12-19/h5-15,27H,4,16H2,1-3H3/b25-15+/t27-/m0/s1. The molecule has 0 spiro atoms. The summed E-state index contributed by atoms with van der Waals surface area (Å²) in [6.45, 7) is 5.98. The Morgan fingerprint density at radius 3 is 2.46 bits per heavy atom. The molecule has 1 atom stereocenters. The number of esters is 1. The number of halogens is 3. The first-order valence-corrected chi connectivity index (χ1v) is 15.8. The molecule has 210 valence electrons. The van der Waals surface area contributed by atoms with Crippen LogP contribution in [0.3, 0.4) is 0 Å². The predicted molar refractivity (Wildman–Crippen MR) is 174 cm³/mol. The SMILES string of the molecule is CCOC(=O)C1=C(C)N=c2s/c(=C/c3cc(I)c(OCc4cccc(F)c4)c(I)c3)c(=O)n2[C@H]1c1ccc(C)cc1. The van der Waals surface area contributed by atoms with Crippen molar-refractivity contribution in [2.75, 3.05) is 6.61 Å². The van der Waals surface area contributed by atoms with E-state index in [9.17, 15) is 14.0 Å². The summed E-state index contributed by atoms with van der Waals surface area (Å²) in [5.74, 6) is -0.0869. The number of thiazole rings is 1. The second kappa shape index (κ2) is 12.6. The van der Waals surface area contributed by atoms with Crippen LogP contribution in [0.5, 0.6) is 5.75 Å². The summed E-state index contributed by atoms with van der Waals surface area (Å²) >= 11 is 5.69. The molecule has 0 amide bonds. The summed E-state index contributed by atoms with van der Waals surface area (Å²) in [5, 5.41) is 0. The van der Waals surface area contributed by atoms with Gasteiger partial charge in [-0.1, -0.05) is 53.3 Å². The second-order valence-corrected chi connectivity index (χ2v) is 12.8. The summed E-state index contributed by atoms with van der Waals surface area (Å²) in [4.78, 5) is 32.1. The highest BCUT2D eigenvalue weighted by Crippen LogP contribution is 2.32. The van der Waals surface area contributed by atoms with E-state index in [1.165, 1.54) is 23.5 Å². The van der Waals surface area contributed by atoms with Crippen LogP contribution < -0.4 is 19.6 Å². The topological polar surface area (TPSA) is 69.9 Å². The first-order valence-electron chi connectivity index (χ1n) is 12.8. The average Bonchev–Trinajstić information content (AvgIpc) is 3.22. The Balaban J connectivity index is 1.55. The van der Waals surface area contributed by atoms with Gasteiger partial charge >= 0.3 is 5.97 Å². The van der Waals surface area contributed by atoms with Crippen LogP contribution in [0, 0.1) is 19.9 Å². The summed E-state index contributed by atoms with van der Waals surface area (Å²) < 4.78 is 28.8. The zero-order chi connectivity index (χ0) is 29.3. The van der Waals surface area contributed by atoms with E-state index in [-0.39, 0.29) is 24.6 Å². The normalized spacial score (nSPS) is 15.0. The monoisotopic (exact) mass is 794 g/mol. The molecule has 0 bridgehead atoms. The molecule has 5 rings (SSSR count). The molecule has 4 aromatic rings. The Kier molecular flexibility index (Phi) is 9.09. The minimum atomic E-state index is -0.646. The fourth-order valence-corrected chi connectivity index (χ4v) is 7.76. The van der Waals surface area contributed by atoms with Crippen molar-refractivity contribution in [3.63, 3.8) is 0 Å². The van der Waals surface area contributed by atoms with Gasteiger partial charge in [-0.2, -0.15) is 0 Å². The Hall–Kier alpha value is -2.84. The lowest BCUT2D eigenvalue weighted by Gasteiger charge is -2.24. The highest BCUT2D eigenvalue weighted by molar-refractivity contribution is 14.1. The van der Waals surface area contributed by atoms with Gasteiger partial charge in [0, 0.05) is 0 Å². The lowest BCUT2D eigenvalue weighted by Crippen LogP contribution is -2.39. The molecule has 0 saturated heterocycles. The van der Waals surface area contributed by atoms with Crippen LogP contribution >= 0.6 is 56.5 Å². The van der Waals surface area contributed by atoms with Crippen molar-refractivity contribution in [2.24, 2.45) is 4.99 Å². The maximum atomic E-state index is 13.9. The molecule has 0 radical (unpaired) electrons. The van der Waals surface area contributed by atoms with E-state index in [0.29, 0.717) is 26.4 Å². The third-order valence-corrected chi connectivity index (χ3v) is 9.09. The maximum absolute atomic E-state index is 13.9. The fourth-order valence-electron chi connectivity index (χ4n) is 4.59. The first kappa shape index (κ1) is 29.6. The van der Waals surface area contributed by atoms with Gasteiger partial charge in [0.15, 0.2) is 4.80 Å². The summed E-state index contributed by atoms with van der Waals surface area (Å²) in [6.07, 6.45) is 1.83. The number of aryl methyl sites for hydroxylation is 1. The van der Waals surface area contributed by atoms with Gasteiger partial charge in [-0.05, 0) is 113 Å². The molecular weight excluding hydrogens is 769 g/mol. The molecular formula is C31H25FI2N2O4S. The number of ether oxygens (including phenoxy) is 2. The van der Waals surface area contributed by atoms with E-state index < -0.39 is 12.0 Å². The van der Waals surface area contributed by atoms with Crippen LogP contribution in [0.4, 0.5) is 4.39 Å². The number of aromatic nitrogens is 1. The van der Waals surface area contributed by atoms with Gasteiger partial charge in [0.1, 0.15) is 18.2 Å². The Morgan fingerprint density at radius 2 is 1.80 bits per heavy atom. The van der Waals surface area contributed by atoms with Crippen molar-refractivity contribution in [1.82, 2.24) is 4.57 Å². The van der Waals surface area contributed by atoms with Crippen LogP contribution in [0.25, 0.3) is 6.08 Å². The molecule has 2 heterocycles. The highest BCUT2D eigenvalue weighted by Gasteiger charge is 2.33. The molecule has 10 heteroatoms.